The van der Waals surface area contributed by atoms with Crippen LogP contribution in [0.5, 0.6) is 5.75 Å². The van der Waals surface area contributed by atoms with Crippen molar-refractivity contribution in [2.24, 2.45) is 5.73 Å². The lowest BCUT2D eigenvalue weighted by Gasteiger charge is -2.16. The highest BCUT2D eigenvalue weighted by Gasteiger charge is 2.19. The molecule has 24 heavy (non-hydrogen) atoms. The van der Waals surface area contributed by atoms with Gasteiger partial charge in [0.1, 0.15) is 11.8 Å². The quantitative estimate of drug-likeness (QED) is 0.762. The van der Waals surface area contributed by atoms with E-state index in [4.69, 9.17) is 10.5 Å². The minimum absolute atomic E-state index is 0.227. The first-order chi connectivity index (χ1) is 11.5. The van der Waals surface area contributed by atoms with Crippen LogP contribution in [0.1, 0.15) is 23.6 Å². The standard InChI is InChI=1S/C18H19BrN2O3/c1-24-15-9-7-12(11-14(15)19)8-10-16(22)21-17(18(20)23)13-5-3-2-4-6-13/h2-7,9,11,17H,8,10H2,1H3,(H2,20,23)(H,21,22). The number of carbonyl (C=O) groups excluding carboxylic acids is 2. The van der Waals surface area contributed by atoms with Crippen molar-refractivity contribution in [1.82, 2.24) is 5.32 Å². The molecule has 0 aliphatic carbocycles. The Morgan fingerprint density at radius 3 is 2.50 bits per heavy atom. The van der Waals surface area contributed by atoms with E-state index in [1.807, 2.05) is 24.3 Å². The number of hydrogen-bond donors (Lipinski definition) is 2. The van der Waals surface area contributed by atoms with Crippen LogP contribution in [0.4, 0.5) is 0 Å². The van der Waals surface area contributed by atoms with Crippen LogP contribution in [0.3, 0.4) is 0 Å². The summed E-state index contributed by atoms with van der Waals surface area (Å²) in [5, 5.41) is 2.69. The molecule has 0 heterocycles. The van der Waals surface area contributed by atoms with E-state index in [0.717, 1.165) is 15.8 Å². The number of hydrogen-bond acceptors (Lipinski definition) is 3. The fraction of sp³-hybridized carbons (Fsp3) is 0.222. The van der Waals surface area contributed by atoms with Crippen molar-refractivity contribution in [1.29, 1.82) is 0 Å². The first kappa shape index (κ1) is 18.0. The number of aryl methyl sites for hydroxylation is 1. The predicted octanol–water partition coefficient (Wildman–Crippen LogP) is 2.73. The maximum Gasteiger partial charge on any atom is 0.244 e. The van der Waals surface area contributed by atoms with E-state index in [-0.39, 0.29) is 12.3 Å². The maximum atomic E-state index is 12.2. The molecule has 0 aromatic heterocycles. The summed E-state index contributed by atoms with van der Waals surface area (Å²) in [6.45, 7) is 0. The van der Waals surface area contributed by atoms with Gasteiger partial charge < -0.3 is 15.8 Å². The van der Waals surface area contributed by atoms with Crippen molar-refractivity contribution in [3.63, 3.8) is 0 Å². The van der Waals surface area contributed by atoms with Crippen LogP contribution in [0.25, 0.3) is 0 Å². The molecule has 2 rings (SSSR count). The van der Waals surface area contributed by atoms with E-state index in [9.17, 15) is 9.59 Å². The molecule has 0 saturated heterocycles. The highest BCUT2D eigenvalue weighted by Crippen LogP contribution is 2.26. The van der Waals surface area contributed by atoms with Gasteiger partial charge in [-0.15, -0.1) is 0 Å². The molecule has 0 radical (unpaired) electrons. The number of nitrogens with one attached hydrogen (secondary N) is 1. The Bertz CT molecular complexity index is 719. The van der Waals surface area contributed by atoms with E-state index in [2.05, 4.69) is 21.2 Å². The molecule has 2 aromatic rings. The molecule has 0 aliphatic rings. The molecule has 2 aromatic carbocycles. The lowest BCUT2D eigenvalue weighted by molar-refractivity contribution is -0.127. The second-order valence-corrected chi connectivity index (χ2v) is 6.14. The Morgan fingerprint density at radius 1 is 1.21 bits per heavy atom. The number of methoxy groups -OCH3 is 1. The van der Waals surface area contributed by atoms with E-state index in [1.165, 1.54) is 0 Å². The molecule has 6 heteroatoms. The maximum absolute atomic E-state index is 12.2. The summed E-state index contributed by atoms with van der Waals surface area (Å²) in [5.74, 6) is -0.0718. The van der Waals surface area contributed by atoms with Gasteiger partial charge in [0.05, 0.1) is 11.6 Å². The summed E-state index contributed by atoms with van der Waals surface area (Å²) in [5.41, 5.74) is 7.07. The second-order valence-electron chi connectivity index (χ2n) is 5.28. The average molecular weight is 391 g/mol. The molecule has 5 nitrogen and oxygen atoms in total. The topological polar surface area (TPSA) is 81.4 Å². The minimum atomic E-state index is -0.818. The summed E-state index contributed by atoms with van der Waals surface area (Å²) < 4.78 is 6.01. The number of nitrogens with two attached hydrogens (primary N) is 1. The van der Waals surface area contributed by atoms with Gasteiger partial charge >= 0.3 is 0 Å². The fourth-order valence-corrected chi connectivity index (χ4v) is 2.91. The number of halogens is 1. The third-order valence-electron chi connectivity index (χ3n) is 3.58. The van der Waals surface area contributed by atoms with Crippen LogP contribution < -0.4 is 15.8 Å². The molecule has 1 atom stereocenters. The van der Waals surface area contributed by atoms with E-state index >= 15 is 0 Å². The monoisotopic (exact) mass is 390 g/mol. The molecule has 0 fully saturated rings. The summed E-state index contributed by atoms with van der Waals surface area (Å²) in [4.78, 5) is 23.8. The van der Waals surface area contributed by atoms with Crippen molar-refractivity contribution in [2.75, 3.05) is 7.11 Å². The molecule has 3 N–H and O–H groups in total. The lowest BCUT2D eigenvalue weighted by atomic mass is 10.1. The number of ether oxygens (including phenoxy) is 1. The predicted molar refractivity (Wildman–Crippen MR) is 95.5 cm³/mol. The molecule has 1 unspecified atom stereocenters. The Kier molecular flexibility index (Phi) is 6.37. The van der Waals surface area contributed by atoms with Crippen molar-refractivity contribution < 1.29 is 14.3 Å². The SMILES string of the molecule is COc1ccc(CCC(=O)NC(C(N)=O)c2ccccc2)cc1Br. The first-order valence-electron chi connectivity index (χ1n) is 7.47. The van der Waals surface area contributed by atoms with Gasteiger partial charge in [0.2, 0.25) is 11.8 Å². The van der Waals surface area contributed by atoms with Crippen molar-refractivity contribution in [3.8, 4) is 5.75 Å². The Balaban J connectivity index is 1.97. The zero-order chi connectivity index (χ0) is 17.5. The fourth-order valence-electron chi connectivity index (χ4n) is 2.32. The summed E-state index contributed by atoms with van der Waals surface area (Å²) in [6.07, 6.45) is 0.810. The lowest BCUT2D eigenvalue weighted by Crippen LogP contribution is -2.37. The highest BCUT2D eigenvalue weighted by atomic mass is 79.9. The van der Waals surface area contributed by atoms with E-state index < -0.39 is 11.9 Å². The van der Waals surface area contributed by atoms with Crippen LogP contribution in [0.2, 0.25) is 0 Å². The molecule has 0 aliphatic heterocycles. The molecule has 0 saturated carbocycles. The molecular formula is C18H19BrN2O3. The van der Waals surface area contributed by atoms with Gasteiger partial charge in [-0.25, -0.2) is 0 Å². The second kappa shape index (κ2) is 8.49. The number of amides is 2. The largest absolute Gasteiger partial charge is 0.496 e. The smallest absolute Gasteiger partial charge is 0.244 e. The van der Waals surface area contributed by atoms with Crippen molar-refractivity contribution in [2.45, 2.75) is 18.9 Å². The Labute approximate surface area is 149 Å². The van der Waals surface area contributed by atoms with Gasteiger partial charge in [0.15, 0.2) is 0 Å². The van der Waals surface area contributed by atoms with Gasteiger partial charge in [0.25, 0.3) is 0 Å². The van der Waals surface area contributed by atoms with Gasteiger partial charge in [-0.1, -0.05) is 36.4 Å². The average Bonchev–Trinajstić information content (AvgIpc) is 2.58. The molecule has 0 bridgehead atoms. The Hall–Kier alpha value is -2.34. The zero-order valence-electron chi connectivity index (χ0n) is 13.3. The van der Waals surface area contributed by atoms with E-state index in [1.54, 1.807) is 31.4 Å². The van der Waals surface area contributed by atoms with Crippen molar-refractivity contribution in [3.05, 3.63) is 64.1 Å². The third-order valence-corrected chi connectivity index (χ3v) is 4.20. The van der Waals surface area contributed by atoms with Crippen LogP contribution >= 0.6 is 15.9 Å². The third kappa shape index (κ3) is 4.83. The minimum Gasteiger partial charge on any atom is -0.496 e. The summed E-state index contributed by atoms with van der Waals surface area (Å²) in [7, 11) is 1.60. The van der Waals surface area contributed by atoms with Gasteiger partial charge in [-0.3, -0.25) is 9.59 Å². The van der Waals surface area contributed by atoms with E-state index in [0.29, 0.717) is 12.0 Å². The number of primary amides is 1. The van der Waals surface area contributed by atoms with Gasteiger partial charge in [-0.05, 0) is 45.6 Å². The summed E-state index contributed by atoms with van der Waals surface area (Å²) in [6, 6.07) is 13.8. The number of carbonyl (C=O) groups is 2. The van der Waals surface area contributed by atoms with Crippen LogP contribution in [-0.2, 0) is 16.0 Å². The van der Waals surface area contributed by atoms with Crippen LogP contribution in [0.15, 0.2) is 53.0 Å². The number of benzene rings is 2. The molecule has 0 spiro atoms. The van der Waals surface area contributed by atoms with Gasteiger partial charge in [-0.2, -0.15) is 0 Å². The highest BCUT2D eigenvalue weighted by molar-refractivity contribution is 9.10. The van der Waals surface area contributed by atoms with Crippen LogP contribution in [0, 0.1) is 0 Å². The van der Waals surface area contributed by atoms with Crippen LogP contribution in [-0.4, -0.2) is 18.9 Å². The molecule has 2 amide bonds. The Morgan fingerprint density at radius 2 is 1.92 bits per heavy atom. The normalized spacial score (nSPS) is 11.6. The zero-order valence-corrected chi connectivity index (χ0v) is 14.9. The van der Waals surface area contributed by atoms with Crippen molar-refractivity contribution >= 4 is 27.7 Å². The first-order valence-corrected chi connectivity index (χ1v) is 8.26. The summed E-state index contributed by atoms with van der Waals surface area (Å²) >= 11 is 3.42. The molecule has 126 valence electrons. The van der Waals surface area contributed by atoms with Gasteiger partial charge in [0, 0.05) is 6.42 Å². The molecular weight excluding hydrogens is 372 g/mol. The number of rotatable bonds is 7.